The molecule has 1 aromatic carbocycles. The van der Waals surface area contributed by atoms with E-state index >= 15 is 0 Å². The zero-order valence-corrected chi connectivity index (χ0v) is 9.72. The number of carbonyl (C=O) groups excluding carboxylic acids is 1. The first-order valence-electron chi connectivity index (χ1n) is 4.80. The number of alkyl halides is 3. The van der Waals surface area contributed by atoms with Gasteiger partial charge in [-0.05, 0) is 18.2 Å². The Hall–Kier alpha value is -1.47. The number of aliphatic hydroxyl groups is 1. The Labute approximate surface area is 106 Å². The van der Waals surface area contributed by atoms with E-state index in [-0.39, 0.29) is 16.3 Å². The molecule has 1 rings (SSSR count). The lowest BCUT2D eigenvalue weighted by molar-refractivity contribution is -0.201. The second kappa shape index (κ2) is 5.45. The van der Waals surface area contributed by atoms with Crippen LogP contribution in [0, 0.1) is 0 Å². The Morgan fingerprint density at radius 3 is 2.61 bits per heavy atom. The maximum absolute atomic E-state index is 12.0. The first-order chi connectivity index (χ1) is 8.21. The molecule has 1 amide bonds. The van der Waals surface area contributed by atoms with Gasteiger partial charge >= 0.3 is 6.18 Å². The first-order valence-corrected chi connectivity index (χ1v) is 5.17. The minimum atomic E-state index is -4.77. The molecular formula is C10H10ClF3N2O2. The molecule has 0 heterocycles. The van der Waals surface area contributed by atoms with Crippen molar-refractivity contribution in [1.82, 2.24) is 5.32 Å². The number of benzene rings is 1. The first kappa shape index (κ1) is 14.6. The molecule has 1 unspecified atom stereocenters. The summed E-state index contributed by atoms with van der Waals surface area (Å²) >= 11 is 5.63. The lowest BCUT2D eigenvalue weighted by Crippen LogP contribution is -2.40. The van der Waals surface area contributed by atoms with E-state index in [9.17, 15) is 18.0 Å². The van der Waals surface area contributed by atoms with Crippen molar-refractivity contribution in [2.75, 3.05) is 12.3 Å². The van der Waals surface area contributed by atoms with E-state index < -0.39 is 24.7 Å². The highest BCUT2D eigenvalue weighted by atomic mass is 35.5. The minimum Gasteiger partial charge on any atom is -0.398 e. The lowest BCUT2D eigenvalue weighted by Gasteiger charge is -2.15. The van der Waals surface area contributed by atoms with Gasteiger partial charge in [0.2, 0.25) is 0 Å². The molecule has 100 valence electrons. The molecule has 0 aliphatic carbocycles. The van der Waals surface area contributed by atoms with Gasteiger partial charge in [-0.2, -0.15) is 13.2 Å². The third kappa shape index (κ3) is 3.78. The summed E-state index contributed by atoms with van der Waals surface area (Å²) < 4.78 is 35.9. The fraction of sp³-hybridized carbons (Fsp3) is 0.300. The predicted octanol–water partition coefficient (Wildman–Crippen LogP) is 1.58. The Kier molecular flexibility index (Phi) is 4.42. The molecule has 0 radical (unpaired) electrons. The smallest absolute Gasteiger partial charge is 0.398 e. The highest BCUT2D eigenvalue weighted by Crippen LogP contribution is 2.20. The van der Waals surface area contributed by atoms with Crippen LogP contribution < -0.4 is 11.1 Å². The standard InChI is InChI=1S/C10H10ClF3N2O2/c11-6-2-1-5(3-7(6)15)9(18)16-4-8(17)10(12,13)14/h1-3,8,17H,4,15H2,(H,16,18). The number of amides is 1. The number of hydrogen-bond acceptors (Lipinski definition) is 3. The van der Waals surface area contributed by atoms with Gasteiger partial charge in [0.05, 0.1) is 17.3 Å². The van der Waals surface area contributed by atoms with Gasteiger partial charge < -0.3 is 16.2 Å². The molecule has 8 heteroatoms. The van der Waals surface area contributed by atoms with Crippen LogP contribution in [0.1, 0.15) is 10.4 Å². The van der Waals surface area contributed by atoms with E-state index in [1.807, 2.05) is 5.32 Å². The topological polar surface area (TPSA) is 75.4 Å². The SMILES string of the molecule is Nc1cc(C(=O)NCC(O)C(F)(F)F)ccc1Cl. The average Bonchev–Trinajstić information content (AvgIpc) is 2.27. The normalized spacial score (nSPS) is 13.2. The Bertz CT molecular complexity index is 451. The molecule has 4 N–H and O–H groups in total. The van der Waals surface area contributed by atoms with Crippen molar-refractivity contribution in [2.45, 2.75) is 12.3 Å². The summed E-state index contributed by atoms with van der Waals surface area (Å²) in [6.45, 7) is -0.926. The lowest BCUT2D eigenvalue weighted by atomic mass is 10.2. The largest absolute Gasteiger partial charge is 0.416 e. The van der Waals surface area contributed by atoms with Crippen molar-refractivity contribution in [3.05, 3.63) is 28.8 Å². The minimum absolute atomic E-state index is 0.0614. The molecule has 1 aromatic rings. The van der Waals surface area contributed by atoms with Gasteiger partial charge in [0.15, 0.2) is 6.10 Å². The number of carbonyl (C=O) groups is 1. The summed E-state index contributed by atoms with van der Waals surface area (Å²) in [6.07, 6.45) is -7.38. The number of hydrogen-bond donors (Lipinski definition) is 3. The van der Waals surface area contributed by atoms with E-state index in [1.54, 1.807) is 0 Å². The summed E-state index contributed by atoms with van der Waals surface area (Å²) in [5.74, 6) is -0.776. The average molecular weight is 283 g/mol. The van der Waals surface area contributed by atoms with E-state index in [0.717, 1.165) is 0 Å². The van der Waals surface area contributed by atoms with Gasteiger partial charge in [-0.25, -0.2) is 0 Å². The molecule has 0 fully saturated rings. The fourth-order valence-corrected chi connectivity index (χ4v) is 1.21. The summed E-state index contributed by atoms with van der Waals surface area (Å²) in [4.78, 5) is 11.5. The fourth-order valence-electron chi connectivity index (χ4n) is 1.09. The second-order valence-corrected chi connectivity index (χ2v) is 3.91. The van der Waals surface area contributed by atoms with Crippen LogP contribution in [0.2, 0.25) is 5.02 Å². The molecular weight excluding hydrogens is 273 g/mol. The molecule has 0 saturated heterocycles. The number of nitrogens with one attached hydrogen (secondary N) is 1. The predicted molar refractivity (Wildman–Crippen MR) is 60.3 cm³/mol. The van der Waals surface area contributed by atoms with Crippen LogP contribution in [0.15, 0.2) is 18.2 Å². The van der Waals surface area contributed by atoms with Crippen LogP contribution >= 0.6 is 11.6 Å². The zero-order valence-electron chi connectivity index (χ0n) is 8.96. The molecule has 0 aliphatic rings. The number of halogens is 4. The molecule has 0 aromatic heterocycles. The van der Waals surface area contributed by atoms with Gasteiger partial charge in [-0.3, -0.25) is 4.79 Å². The molecule has 0 spiro atoms. The van der Waals surface area contributed by atoms with Gasteiger partial charge in [-0.15, -0.1) is 0 Å². The quantitative estimate of drug-likeness (QED) is 0.737. The van der Waals surface area contributed by atoms with Gasteiger partial charge in [0, 0.05) is 5.56 Å². The zero-order chi connectivity index (χ0) is 13.9. The van der Waals surface area contributed by atoms with Gasteiger partial charge in [0.25, 0.3) is 5.91 Å². The Morgan fingerprint density at radius 2 is 2.11 bits per heavy atom. The van der Waals surface area contributed by atoms with Crippen LogP contribution in [0.4, 0.5) is 18.9 Å². The molecule has 0 bridgehead atoms. The van der Waals surface area contributed by atoms with Crippen LogP contribution in [-0.2, 0) is 0 Å². The van der Waals surface area contributed by atoms with Crippen molar-refractivity contribution in [3.63, 3.8) is 0 Å². The van der Waals surface area contributed by atoms with Crippen LogP contribution in [-0.4, -0.2) is 29.8 Å². The van der Waals surface area contributed by atoms with Crippen LogP contribution in [0.3, 0.4) is 0 Å². The Morgan fingerprint density at radius 1 is 1.50 bits per heavy atom. The number of nitrogen functional groups attached to an aromatic ring is 1. The van der Waals surface area contributed by atoms with Crippen molar-refractivity contribution >= 4 is 23.2 Å². The number of aliphatic hydroxyl groups excluding tert-OH is 1. The van der Waals surface area contributed by atoms with E-state index in [1.165, 1.54) is 18.2 Å². The van der Waals surface area contributed by atoms with Crippen molar-refractivity contribution in [1.29, 1.82) is 0 Å². The number of nitrogens with two attached hydrogens (primary N) is 1. The highest BCUT2D eigenvalue weighted by Gasteiger charge is 2.38. The highest BCUT2D eigenvalue weighted by molar-refractivity contribution is 6.33. The monoisotopic (exact) mass is 282 g/mol. The maximum atomic E-state index is 12.0. The van der Waals surface area contributed by atoms with Crippen molar-refractivity contribution in [3.8, 4) is 0 Å². The summed E-state index contributed by atoms with van der Waals surface area (Å²) in [5.41, 5.74) is 5.64. The number of rotatable bonds is 3. The van der Waals surface area contributed by atoms with E-state index in [0.29, 0.717) is 0 Å². The molecule has 0 aliphatic heterocycles. The maximum Gasteiger partial charge on any atom is 0.416 e. The van der Waals surface area contributed by atoms with Crippen molar-refractivity contribution in [2.24, 2.45) is 0 Å². The van der Waals surface area contributed by atoms with Crippen LogP contribution in [0.5, 0.6) is 0 Å². The van der Waals surface area contributed by atoms with Crippen LogP contribution in [0.25, 0.3) is 0 Å². The molecule has 1 atom stereocenters. The summed E-state index contributed by atoms with van der Waals surface area (Å²) in [6, 6.07) is 3.90. The Balaban J connectivity index is 2.63. The molecule has 18 heavy (non-hydrogen) atoms. The van der Waals surface area contributed by atoms with Crippen molar-refractivity contribution < 1.29 is 23.1 Å². The third-order valence-electron chi connectivity index (χ3n) is 2.09. The second-order valence-electron chi connectivity index (χ2n) is 3.50. The van der Waals surface area contributed by atoms with Gasteiger partial charge in [0.1, 0.15) is 0 Å². The summed E-state index contributed by atoms with van der Waals surface area (Å²) in [7, 11) is 0. The third-order valence-corrected chi connectivity index (χ3v) is 2.44. The molecule has 0 saturated carbocycles. The van der Waals surface area contributed by atoms with E-state index in [4.69, 9.17) is 22.4 Å². The van der Waals surface area contributed by atoms with E-state index in [2.05, 4.69) is 0 Å². The van der Waals surface area contributed by atoms with Gasteiger partial charge in [-0.1, -0.05) is 11.6 Å². The number of anilines is 1. The molecule has 4 nitrogen and oxygen atoms in total. The summed E-state index contributed by atoms with van der Waals surface area (Å²) in [5, 5.41) is 10.9.